The molecule has 0 aliphatic rings. The van der Waals surface area contributed by atoms with E-state index in [0.29, 0.717) is 16.1 Å². The molecule has 0 aliphatic heterocycles. The van der Waals surface area contributed by atoms with Crippen LogP contribution >= 0.6 is 11.3 Å². The van der Waals surface area contributed by atoms with Gasteiger partial charge in [0.15, 0.2) is 0 Å². The summed E-state index contributed by atoms with van der Waals surface area (Å²) in [7, 11) is 2.64. The molecule has 0 radical (unpaired) electrons. The monoisotopic (exact) mass is 414 g/mol. The fraction of sp³-hybridized carbons (Fsp3) is 0.143. The first kappa shape index (κ1) is 20.5. The number of thiophene rings is 1. The molecule has 0 spiro atoms. The molecule has 29 heavy (non-hydrogen) atoms. The number of oxime groups is 1. The lowest BCUT2D eigenvalue weighted by molar-refractivity contribution is -0.132. The first-order chi connectivity index (χ1) is 14.0. The third kappa shape index (κ3) is 4.61. The Balaban J connectivity index is 1.87. The predicted octanol–water partition coefficient (Wildman–Crippen LogP) is 4.26. The minimum Gasteiger partial charge on any atom is -0.464 e. The van der Waals surface area contributed by atoms with Gasteiger partial charge in [-0.25, -0.2) is 9.18 Å². The quantitative estimate of drug-likeness (QED) is 0.339. The molecule has 0 saturated carbocycles. The fourth-order valence-electron chi connectivity index (χ4n) is 2.72. The van der Waals surface area contributed by atoms with E-state index in [9.17, 15) is 9.18 Å². The second kappa shape index (κ2) is 9.31. The van der Waals surface area contributed by atoms with Crippen molar-refractivity contribution in [1.82, 2.24) is 5.48 Å². The summed E-state index contributed by atoms with van der Waals surface area (Å²) < 4.78 is 19.2. The Morgan fingerprint density at radius 1 is 1.21 bits per heavy atom. The van der Waals surface area contributed by atoms with Crippen molar-refractivity contribution >= 4 is 38.8 Å². The SMILES string of the molecule is C=C(NOCc1c(C(=NOC)C(=O)OC)sc2ccccc12)c1cccc(F)c1. The molecule has 1 heterocycles. The number of ether oxygens (including phenoxy) is 1. The molecule has 0 bridgehead atoms. The van der Waals surface area contributed by atoms with E-state index in [-0.39, 0.29) is 18.1 Å². The first-order valence-electron chi connectivity index (χ1n) is 8.58. The average molecular weight is 414 g/mol. The van der Waals surface area contributed by atoms with Gasteiger partial charge in [0.25, 0.3) is 0 Å². The molecule has 0 aliphatic carbocycles. The van der Waals surface area contributed by atoms with Crippen LogP contribution in [0.2, 0.25) is 0 Å². The van der Waals surface area contributed by atoms with Crippen molar-refractivity contribution in [1.29, 1.82) is 0 Å². The van der Waals surface area contributed by atoms with Crippen molar-refractivity contribution in [3.63, 3.8) is 0 Å². The predicted molar refractivity (Wildman–Crippen MR) is 111 cm³/mol. The number of carbonyl (C=O) groups is 1. The normalized spacial score (nSPS) is 11.3. The topological polar surface area (TPSA) is 69.1 Å². The summed E-state index contributed by atoms with van der Waals surface area (Å²) in [4.78, 5) is 23.2. The maximum absolute atomic E-state index is 13.4. The zero-order chi connectivity index (χ0) is 20.8. The number of hydrogen-bond acceptors (Lipinski definition) is 7. The van der Waals surface area contributed by atoms with Crippen LogP contribution in [0.3, 0.4) is 0 Å². The number of fused-ring (bicyclic) bond motifs is 1. The van der Waals surface area contributed by atoms with Crippen molar-refractivity contribution in [2.45, 2.75) is 6.61 Å². The molecule has 1 aromatic heterocycles. The number of esters is 1. The maximum atomic E-state index is 13.4. The van der Waals surface area contributed by atoms with E-state index < -0.39 is 5.97 Å². The molecular weight excluding hydrogens is 395 g/mol. The Kier molecular flexibility index (Phi) is 6.58. The van der Waals surface area contributed by atoms with Gasteiger partial charge in [0.1, 0.15) is 19.5 Å². The molecule has 0 amide bonds. The van der Waals surface area contributed by atoms with Gasteiger partial charge in [-0.2, -0.15) is 0 Å². The van der Waals surface area contributed by atoms with Crippen LogP contribution in [-0.4, -0.2) is 25.9 Å². The smallest absolute Gasteiger partial charge is 0.361 e. The second-order valence-electron chi connectivity index (χ2n) is 5.90. The van der Waals surface area contributed by atoms with E-state index in [4.69, 9.17) is 14.4 Å². The van der Waals surface area contributed by atoms with E-state index in [1.807, 2.05) is 24.3 Å². The molecule has 0 unspecified atom stereocenters. The van der Waals surface area contributed by atoms with Crippen molar-refractivity contribution in [3.05, 3.63) is 76.9 Å². The minimum absolute atomic E-state index is 0.0544. The largest absolute Gasteiger partial charge is 0.464 e. The summed E-state index contributed by atoms with van der Waals surface area (Å²) in [5.74, 6) is -0.980. The van der Waals surface area contributed by atoms with Crippen molar-refractivity contribution < 1.29 is 23.6 Å². The van der Waals surface area contributed by atoms with Crippen LogP contribution in [0.5, 0.6) is 0 Å². The van der Waals surface area contributed by atoms with E-state index in [1.165, 1.54) is 37.7 Å². The Hall–Kier alpha value is -3.23. The van der Waals surface area contributed by atoms with E-state index >= 15 is 0 Å². The number of hydrogen-bond donors (Lipinski definition) is 1. The molecule has 0 atom stereocenters. The van der Waals surface area contributed by atoms with Crippen LogP contribution in [0.15, 0.2) is 60.3 Å². The van der Waals surface area contributed by atoms with E-state index in [0.717, 1.165) is 15.6 Å². The van der Waals surface area contributed by atoms with Crippen LogP contribution in [-0.2, 0) is 25.8 Å². The lowest BCUT2D eigenvalue weighted by Gasteiger charge is -2.11. The molecular formula is C21H19FN2O4S. The van der Waals surface area contributed by atoms with Gasteiger partial charge in [-0.1, -0.05) is 42.1 Å². The number of rotatable bonds is 8. The van der Waals surface area contributed by atoms with Gasteiger partial charge in [-0.3, -0.25) is 10.3 Å². The van der Waals surface area contributed by atoms with Crippen LogP contribution in [0.4, 0.5) is 4.39 Å². The van der Waals surface area contributed by atoms with Crippen LogP contribution < -0.4 is 5.48 Å². The number of carbonyl (C=O) groups excluding carboxylic acids is 1. The molecule has 150 valence electrons. The molecule has 2 aromatic carbocycles. The lowest BCUT2D eigenvalue weighted by Crippen LogP contribution is -2.19. The van der Waals surface area contributed by atoms with Crippen molar-refractivity contribution in [2.75, 3.05) is 14.2 Å². The van der Waals surface area contributed by atoms with Gasteiger partial charge < -0.3 is 9.57 Å². The first-order valence-corrected chi connectivity index (χ1v) is 9.39. The highest BCUT2D eigenvalue weighted by molar-refractivity contribution is 7.21. The zero-order valence-corrected chi connectivity index (χ0v) is 16.7. The summed E-state index contributed by atoms with van der Waals surface area (Å²) in [6.45, 7) is 3.96. The number of methoxy groups -OCH3 is 1. The van der Waals surface area contributed by atoms with Crippen LogP contribution in [0.1, 0.15) is 16.0 Å². The molecule has 3 rings (SSSR count). The number of nitrogens with zero attached hydrogens (tertiary/aromatic N) is 1. The number of hydroxylamine groups is 1. The molecule has 0 fully saturated rings. The van der Waals surface area contributed by atoms with Gasteiger partial charge in [0.2, 0.25) is 5.71 Å². The van der Waals surface area contributed by atoms with Crippen LogP contribution in [0.25, 0.3) is 15.8 Å². The van der Waals surface area contributed by atoms with Gasteiger partial charge in [-0.15, -0.1) is 11.3 Å². The summed E-state index contributed by atoms with van der Waals surface area (Å²) in [6.07, 6.45) is 0. The van der Waals surface area contributed by atoms with Crippen molar-refractivity contribution in [3.8, 4) is 0 Å². The van der Waals surface area contributed by atoms with Gasteiger partial charge in [-0.05, 0) is 23.6 Å². The van der Waals surface area contributed by atoms with Crippen LogP contribution in [0, 0.1) is 5.82 Å². The standard InChI is InChI=1S/C21H19FN2O4S/c1-13(14-7-6-8-15(22)11-14)23-28-12-17-16-9-4-5-10-18(16)29-20(17)19(24-27-3)21(25)26-2/h4-11,23H,1,12H2,2-3H3. The molecule has 8 heteroatoms. The highest BCUT2D eigenvalue weighted by Crippen LogP contribution is 2.33. The maximum Gasteiger partial charge on any atom is 0.361 e. The molecule has 1 N–H and O–H groups in total. The molecule has 0 saturated heterocycles. The highest BCUT2D eigenvalue weighted by atomic mass is 32.1. The summed E-state index contributed by atoms with van der Waals surface area (Å²) in [6, 6.07) is 13.7. The Bertz CT molecular complexity index is 1080. The lowest BCUT2D eigenvalue weighted by atomic mass is 10.1. The minimum atomic E-state index is -0.614. The van der Waals surface area contributed by atoms with E-state index in [2.05, 4.69) is 17.2 Å². The molecule has 3 aromatic rings. The van der Waals surface area contributed by atoms with Gasteiger partial charge in [0.05, 0.1) is 17.7 Å². The molecule has 6 nitrogen and oxygen atoms in total. The Morgan fingerprint density at radius 3 is 2.72 bits per heavy atom. The average Bonchev–Trinajstić information content (AvgIpc) is 3.09. The van der Waals surface area contributed by atoms with Gasteiger partial charge >= 0.3 is 5.97 Å². The highest BCUT2D eigenvalue weighted by Gasteiger charge is 2.24. The summed E-state index contributed by atoms with van der Waals surface area (Å²) in [5, 5.41) is 4.75. The number of benzene rings is 2. The van der Waals surface area contributed by atoms with Gasteiger partial charge in [0, 0.05) is 15.8 Å². The Labute approximate surface area is 171 Å². The number of nitrogens with one attached hydrogen (secondary N) is 1. The summed E-state index contributed by atoms with van der Waals surface area (Å²) >= 11 is 1.38. The fourth-order valence-corrected chi connectivity index (χ4v) is 3.90. The third-order valence-corrected chi connectivity index (χ3v) is 5.28. The number of halogens is 1. The summed E-state index contributed by atoms with van der Waals surface area (Å²) in [5.41, 5.74) is 4.50. The second-order valence-corrected chi connectivity index (χ2v) is 6.95. The Morgan fingerprint density at radius 2 is 2.00 bits per heavy atom. The third-order valence-electron chi connectivity index (χ3n) is 4.06. The van der Waals surface area contributed by atoms with E-state index in [1.54, 1.807) is 12.1 Å². The zero-order valence-electron chi connectivity index (χ0n) is 15.9. The van der Waals surface area contributed by atoms with Crippen molar-refractivity contribution in [2.24, 2.45) is 5.16 Å².